The van der Waals surface area contributed by atoms with E-state index in [9.17, 15) is 22.8 Å². The Kier molecular flexibility index (Phi) is 6.78. The number of carbonyl (C=O) groups excluding carboxylic acids is 2. The second-order valence-electron chi connectivity index (χ2n) is 5.95. The highest BCUT2D eigenvalue weighted by molar-refractivity contribution is 7.12. The number of pyridine rings is 1. The molecule has 2 amide bonds. The summed E-state index contributed by atoms with van der Waals surface area (Å²) in [5.74, 6) is -1.21. The number of aromatic nitrogens is 1. The summed E-state index contributed by atoms with van der Waals surface area (Å²) in [6, 6.07) is 5.18. The third-order valence-electron chi connectivity index (χ3n) is 3.37. The van der Waals surface area contributed by atoms with Gasteiger partial charge in [0.2, 0.25) is 11.8 Å². The number of hydrogen-bond donors (Lipinski definition) is 2. The lowest BCUT2D eigenvalue weighted by Gasteiger charge is -2.21. The van der Waals surface area contributed by atoms with Gasteiger partial charge in [-0.15, -0.1) is 11.3 Å². The van der Waals surface area contributed by atoms with Crippen molar-refractivity contribution in [1.82, 2.24) is 10.3 Å². The van der Waals surface area contributed by atoms with Gasteiger partial charge in [0.15, 0.2) is 6.61 Å². The summed E-state index contributed by atoms with van der Waals surface area (Å²) < 4.78 is 40.9. The van der Waals surface area contributed by atoms with Gasteiger partial charge >= 0.3 is 6.18 Å². The molecule has 0 aliphatic carbocycles. The van der Waals surface area contributed by atoms with Crippen LogP contribution in [0.25, 0.3) is 0 Å². The van der Waals surface area contributed by atoms with Gasteiger partial charge in [-0.25, -0.2) is 4.98 Å². The number of thiophene rings is 1. The Balaban J connectivity index is 1.97. The number of rotatable bonds is 7. The molecule has 0 saturated heterocycles. The van der Waals surface area contributed by atoms with Crippen LogP contribution in [-0.4, -0.2) is 35.6 Å². The quantitative estimate of drug-likeness (QED) is 0.745. The van der Waals surface area contributed by atoms with Crippen LogP contribution in [0.3, 0.4) is 0 Å². The number of alkyl halides is 3. The van der Waals surface area contributed by atoms with E-state index in [4.69, 9.17) is 0 Å². The van der Waals surface area contributed by atoms with Crippen molar-refractivity contribution in [3.8, 4) is 5.88 Å². The van der Waals surface area contributed by atoms with Gasteiger partial charge in [-0.1, -0.05) is 19.9 Å². The molecule has 2 aromatic heterocycles. The van der Waals surface area contributed by atoms with Gasteiger partial charge in [0.05, 0.1) is 16.8 Å². The molecule has 27 heavy (non-hydrogen) atoms. The minimum atomic E-state index is -4.46. The standard InChI is InChI=1S/C17H18F3N3O3S/c1-10(2)14(23-15(24)12-4-3-7-27-12)16(25)22-11-5-6-13(21-8-11)26-9-17(18,19)20/h3-8,10,14H,9H2,1-2H3,(H,22,25)(H,23,24). The minimum absolute atomic E-state index is 0.184. The van der Waals surface area contributed by atoms with E-state index >= 15 is 0 Å². The molecule has 0 spiro atoms. The number of amides is 2. The fourth-order valence-electron chi connectivity index (χ4n) is 2.07. The number of anilines is 1. The van der Waals surface area contributed by atoms with Crippen LogP contribution in [0.4, 0.5) is 18.9 Å². The summed E-state index contributed by atoms with van der Waals surface area (Å²) in [5, 5.41) is 7.02. The van der Waals surface area contributed by atoms with E-state index in [0.717, 1.165) is 0 Å². The molecular weight excluding hydrogens is 383 g/mol. The normalized spacial score (nSPS) is 12.5. The topological polar surface area (TPSA) is 80.3 Å². The van der Waals surface area contributed by atoms with E-state index in [1.807, 2.05) is 0 Å². The number of hydrogen-bond acceptors (Lipinski definition) is 5. The average molecular weight is 401 g/mol. The zero-order valence-corrected chi connectivity index (χ0v) is 15.4. The van der Waals surface area contributed by atoms with Crippen LogP contribution in [0.15, 0.2) is 35.8 Å². The third-order valence-corrected chi connectivity index (χ3v) is 4.24. The van der Waals surface area contributed by atoms with Crippen LogP contribution >= 0.6 is 11.3 Å². The SMILES string of the molecule is CC(C)C(NC(=O)c1cccs1)C(=O)Nc1ccc(OCC(F)(F)F)nc1. The van der Waals surface area contributed by atoms with E-state index in [2.05, 4.69) is 20.4 Å². The lowest BCUT2D eigenvalue weighted by molar-refractivity contribution is -0.154. The largest absolute Gasteiger partial charge is 0.468 e. The molecule has 2 heterocycles. The number of halogens is 3. The fraction of sp³-hybridized carbons (Fsp3) is 0.353. The van der Waals surface area contributed by atoms with Crippen molar-refractivity contribution >= 4 is 28.8 Å². The van der Waals surface area contributed by atoms with Crippen molar-refractivity contribution in [3.05, 3.63) is 40.7 Å². The lowest BCUT2D eigenvalue weighted by Crippen LogP contribution is -2.46. The van der Waals surface area contributed by atoms with E-state index < -0.39 is 24.7 Å². The average Bonchev–Trinajstić information content (AvgIpc) is 3.12. The lowest BCUT2D eigenvalue weighted by atomic mass is 10.0. The summed E-state index contributed by atoms with van der Waals surface area (Å²) in [4.78, 5) is 28.8. The van der Waals surface area contributed by atoms with Crippen LogP contribution in [0.1, 0.15) is 23.5 Å². The second kappa shape index (κ2) is 8.85. The number of nitrogens with one attached hydrogen (secondary N) is 2. The smallest absolute Gasteiger partial charge is 0.422 e. The number of ether oxygens (including phenoxy) is 1. The fourth-order valence-corrected chi connectivity index (χ4v) is 2.70. The van der Waals surface area contributed by atoms with Crippen LogP contribution in [-0.2, 0) is 4.79 Å². The first-order chi connectivity index (χ1) is 12.7. The van der Waals surface area contributed by atoms with Crippen molar-refractivity contribution in [2.24, 2.45) is 5.92 Å². The summed E-state index contributed by atoms with van der Waals surface area (Å²) in [6.07, 6.45) is -3.28. The molecule has 0 aliphatic rings. The molecule has 0 radical (unpaired) electrons. The Labute approximate surface area is 157 Å². The Bertz CT molecular complexity index is 762. The first-order valence-electron chi connectivity index (χ1n) is 7.96. The number of nitrogens with zero attached hydrogens (tertiary/aromatic N) is 1. The van der Waals surface area contributed by atoms with Crippen molar-refractivity contribution in [3.63, 3.8) is 0 Å². The van der Waals surface area contributed by atoms with Gasteiger partial charge in [0.25, 0.3) is 5.91 Å². The summed E-state index contributed by atoms with van der Waals surface area (Å²) in [7, 11) is 0. The van der Waals surface area contributed by atoms with Gasteiger partial charge in [0.1, 0.15) is 6.04 Å². The molecule has 0 aromatic carbocycles. The van der Waals surface area contributed by atoms with Gasteiger partial charge < -0.3 is 15.4 Å². The van der Waals surface area contributed by atoms with Crippen LogP contribution < -0.4 is 15.4 Å². The van der Waals surface area contributed by atoms with E-state index in [1.54, 1.807) is 31.4 Å². The minimum Gasteiger partial charge on any atom is -0.468 e. The number of carbonyl (C=O) groups is 2. The highest BCUT2D eigenvalue weighted by Gasteiger charge is 2.29. The molecule has 1 unspecified atom stereocenters. The first-order valence-corrected chi connectivity index (χ1v) is 8.84. The van der Waals surface area contributed by atoms with Crippen molar-refractivity contribution in [2.75, 3.05) is 11.9 Å². The Hall–Kier alpha value is -2.62. The van der Waals surface area contributed by atoms with Crippen molar-refractivity contribution < 1.29 is 27.5 Å². The Morgan fingerprint density at radius 2 is 2.00 bits per heavy atom. The zero-order chi connectivity index (χ0) is 20.0. The van der Waals surface area contributed by atoms with Gasteiger partial charge in [-0.05, 0) is 23.4 Å². The van der Waals surface area contributed by atoms with Crippen LogP contribution in [0, 0.1) is 5.92 Å². The van der Waals surface area contributed by atoms with Gasteiger partial charge in [0, 0.05) is 6.07 Å². The highest BCUT2D eigenvalue weighted by Crippen LogP contribution is 2.18. The van der Waals surface area contributed by atoms with E-state index in [1.165, 1.54) is 29.7 Å². The molecule has 2 N–H and O–H groups in total. The summed E-state index contributed by atoms with van der Waals surface area (Å²) in [5.41, 5.74) is 0.274. The molecule has 0 fully saturated rings. The van der Waals surface area contributed by atoms with Gasteiger partial charge in [-0.2, -0.15) is 13.2 Å². The maximum absolute atomic E-state index is 12.5. The highest BCUT2D eigenvalue weighted by atomic mass is 32.1. The molecule has 6 nitrogen and oxygen atoms in total. The first kappa shape index (κ1) is 20.7. The molecular formula is C17H18F3N3O3S. The Morgan fingerprint density at radius 1 is 1.26 bits per heavy atom. The molecule has 146 valence electrons. The van der Waals surface area contributed by atoms with Gasteiger partial charge in [-0.3, -0.25) is 9.59 Å². The molecule has 2 aromatic rings. The molecule has 1 atom stereocenters. The molecule has 0 saturated carbocycles. The summed E-state index contributed by atoms with van der Waals surface area (Å²) >= 11 is 1.26. The molecule has 0 bridgehead atoms. The Morgan fingerprint density at radius 3 is 2.52 bits per heavy atom. The van der Waals surface area contributed by atoms with Crippen LogP contribution in [0.5, 0.6) is 5.88 Å². The third kappa shape index (κ3) is 6.55. The zero-order valence-electron chi connectivity index (χ0n) is 14.5. The van der Waals surface area contributed by atoms with Crippen molar-refractivity contribution in [1.29, 1.82) is 0 Å². The monoisotopic (exact) mass is 401 g/mol. The summed E-state index contributed by atoms with van der Waals surface area (Å²) in [6.45, 7) is 2.12. The van der Waals surface area contributed by atoms with Crippen LogP contribution in [0.2, 0.25) is 0 Å². The van der Waals surface area contributed by atoms with E-state index in [0.29, 0.717) is 4.88 Å². The maximum atomic E-state index is 12.5. The molecule has 10 heteroatoms. The van der Waals surface area contributed by atoms with E-state index in [-0.39, 0.29) is 23.4 Å². The van der Waals surface area contributed by atoms with Crippen molar-refractivity contribution in [2.45, 2.75) is 26.1 Å². The maximum Gasteiger partial charge on any atom is 0.422 e. The molecule has 0 aliphatic heterocycles. The predicted molar refractivity (Wildman–Crippen MR) is 94.8 cm³/mol. The molecule has 2 rings (SSSR count). The second-order valence-corrected chi connectivity index (χ2v) is 6.90. The predicted octanol–water partition coefficient (Wildman–Crippen LogP) is 3.48.